The number of thiazole rings is 2. The van der Waals surface area contributed by atoms with Gasteiger partial charge in [-0.25, -0.2) is 24.4 Å². The van der Waals surface area contributed by atoms with Crippen molar-refractivity contribution >= 4 is 53.0 Å². The molecule has 0 aliphatic carbocycles. The van der Waals surface area contributed by atoms with Crippen LogP contribution in [0.2, 0.25) is 0 Å². The van der Waals surface area contributed by atoms with E-state index in [-0.39, 0.29) is 49.1 Å². The van der Waals surface area contributed by atoms with Crippen molar-refractivity contribution in [3.05, 3.63) is 84.5 Å². The molecule has 10 nitrogen and oxygen atoms in total. The van der Waals surface area contributed by atoms with Crippen LogP contribution in [0.5, 0.6) is 0 Å². The molecule has 0 fully saturated rings. The van der Waals surface area contributed by atoms with Crippen LogP contribution in [-0.4, -0.2) is 46.1 Å². The number of pyridine rings is 1. The Kier molecular flexibility index (Phi) is 12.7. The minimum Gasteiger partial charge on any atom is -0.461 e. The fourth-order valence-corrected chi connectivity index (χ4v) is 6.36. The van der Waals surface area contributed by atoms with E-state index in [0.717, 1.165) is 45.1 Å². The lowest BCUT2D eigenvalue weighted by molar-refractivity contribution is 0.0376. The normalized spacial score (nSPS) is 11.0. The fraction of sp³-hybridized carbons (Fsp3) is 0.375. The predicted octanol–water partition coefficient (Wildman–Crippen LogP) is 6.66. The van der Waals surface area contributed by atoms with Gasteiger partial charge in [0.1, 0.15) is 10.0 Å². The number of nitrogens with zero attached hydrogens (tertiary/aromatic N) is 3. The van der Waals surface area contributed by atoms with Crippen LogP contribution >= 0.6 is 35.1 Å². The average molecular weight is 673 g/mol. The number of ether oxygens (including phenoxy) is 3. The van der Waals surface area contributed by atoms with Crippen molar-refractivity contribution in [1.29, 1.82) is 0 Å². The second-order valence-corrected chi connectivity index (χ2v) is 12.2. The Bertz CT molecular complexity index is 1600. The van der Waals surface area contributed by atoms with Gasteiger partial charge < -0.3 is 19.9 Å². The highest BCUT2D eigenvalue weighted by atomic mass is 35.5. The zero-order valence-electron chi connectivity index (χ0n) is 26.0. The van der Waals surface area contributed by atoms with E-state index in [0.29, 0.717) is 33.6 Å². The van der Waals surface area contributed by atoms with Gasteiger partial charge in [-0.1, -0.05) is 43.7 Å². The van der Waals surface area contributed by atoms with Crippen molar-refractivity contribution in [2.24, 2.45) is 11.7 Å². The Morgan fingerprint density at radius 2 is 1.38 bits per heavy atom. The monoisotopic (exact) mass is 672 g/mol. The number of nitrogens with two attached hydrogens (primary N) is 1. The number of hydrogen-bond acceptors (Lipinski definition) is 12. The van der Waals surface area contributed by atoms with Crippen LogP contribution in [0.4, 0.5) is 0 Å². The Hall–Kier alpha value is -3.71. The SMILES string of the molecule is CCOC(=O)c1csc(C(OC(=O)c2c(C)nc(CC(C)C)c(CN)c2-c2ccc(C)cc2)c2nc(C(=O)OCC)cs2)n1.Cl. The predicted molar refractivity (Wildman–Crippen MR) is 176 cm³/mol. The minimum absolute atomic E-state index is 0. The maximum atomic E-state index is 14.2. The molecule has 45 heavy (non-hydrogen) atoms. The summed E-state index contributed by atoms with van der Waals surface area (Å²) in [5, 5.41) is 3.66. The van der Waals surface area contributed by atoms with E-state index in [2.05, 4.69) is 23.8 Å². The first-order chi connectivity index (χ1) is 21.1. The molecule has 0 spiro atoms. The standard InChI is InChI=1S/C32H36N4O6S2.ClH/c1-7-40-30(37)23-15-43-28(35-23)27(29-36-24(16-44-29)31(38)41-8-2)42-32(39)25-19(6)34-22(13-17(3)4)21(14-33)26(25)20-11-9-18(5)10-12-20;/h9-12,15-17,27H,7-8,13-14,33H2,1-6H3;1H. The molecule has 0 saturated carbocycles. The smallest absolute Gasteiger partial charge is 0.357 e. The van der Waals surface area contributed by atoms with Gasteiger partial charge in [0.05, 0.1) is 24.5 Å². The molecule has 4 rings (SSSR count). The van der Waals surface area contributed by atoms with Crippen molar-refractivity contribution in [1.82, 2.24) is 15.0 Å². The molecule has 1 aromatic carbocycles. The third-order valence-electron chi connectivity index (χ3n) is 6.60. The highest BCUT2D eigenvalue weighted by Gasteiger charge is 2.32. The number of aryl methyl sites for hydroxylation is 2. The topological polar surface area (TPSA) is 144 Å². The summed E-state index contributed by atoms with van der Waals surface area (Å²) in [4.78, 5) is 52.7. The van der Waals surface area contributed by atoms with Crippen LogP contribution in [0, 0.1) is 19.8 Å². The summed E-state index contributed by atoms with van der Waals surface area (Å²) >= 11 is 2.24. The van der Waals surface area contributed by atoms with Gasteiger partial charge in [-0.05, 0) is 51.2 Å². The number of aromatic nitrogens is 3. The van der Waals surface area contributed by atoms with Crippen LogP contribution in [0.1, 0.15) is 97.7 Å². The van der Waals surface area contributed by atoms with Crippen LogP contribution < -0.4 is 5.73 Å². The van der Waals surface area contributed by atoms with E-state index in [1.165, 1.54) is 10.8 Å². The molecular formula is C32H37ClN4O6S2. The first-order valence-corrected chi connectivity index (χ1v) is 16.1. The van der Waals surface area contributed by atoms with E-state index in [1.54, 1.807) is 20.8 Å². The Balaban J connectivity index is 0.00000552. The Morgan fingerprint density at radius 1 is 0.844 bits per heavy atom. The van der Waals surface area contributed by atoms with Crippen molar-refractivity contribution in [2.75, 3.05) is 13.2 Å². The molecular weight excluding hydrogens is 636 g/mol. The molecule has 3 aromatic heterocycles. The maximum Gasteiger partial charge on any atom is 0.357 e. The molecule has 0 bridgehead atoms. The summed E-state index contributed by atoms with van der Waals surface area (Å²) in [7, 11) is 0. The molecule has 0 atom stereocenters. The molecule has 0 saturated heterocycles. The molecule has 2 N–H and O–H groups in total. The summed E-state index contributed by atoms with van der Waals surface area (Å²) in [5.74, 6) is -1.54. The van der Waals surface area contributed by atoms with E-state index in [1.807, 2.05) is 31.2 Å². The zero-order chi connectivity index (χ0) is 32.0. The van der Waals surface area contributed by atoms with Crippen molar-refractivity contribution < 1.29 is 28.6 Å². The van der Waals surface area contributed by atoms with Gasteiger partial charge in [-0.3, -0.25) is 4.98 Å². The molecule has 0 aliphatic rings. The maximum absolute atomic E-state index is 14.2. The third kappa shape index (κ3) is 8.31. The van der Waals surface area contributed by atoms with Gasteiger partial charge in [-0.15, -0.1) is 35.1 Å². The van der Waals surface area contributed by atoms with Crippen molar-refractivity contribution in [3.8, 4) is 11.1 Å². The minimum atomic E-state index is -1.12. The van der Waals surface area contributed by atoms with Gasteiger partial charge in [-0.2, -0.15) is 0 Å². The van der Waals surface area contributed by atoms with Crippen molar-refractivity contribution in [2.45, 2.75) is 60.6 Å². The zero-order valence-corrected chi connectivity index (χ0v) is 28.5. The summed E-state index contributed by atoms with van der Waals surface area (Å²) in [6.07, 6.45) is -0.429. The van der Waals surface area contributed by atoms with Gasteiger partial charge in [0, 0.05) is 28.6 Å². The van der Waals surface area contributed by atoms with Gasteiger partial charge in [0.25, 0.3) is 0 Å². The fourth-order valence-electron chi connectivity index (χ4n) is 4.65. The molecule has 0 unspecified atom stereocenters. The lowest BCUT2D eigenvalue weighted by Crippen LogP contribution is -2.19. The average Bonchev–Trinajstić information content (AvgIpc) is 3.67. The molecule has 4 aromatic rings. The number of halogens is 1. The van der Waals surface area contributed by atoms with Crippen LogP contribution in [0.15, 0.2) is 35.0 Å². The van der Waals surface area contributed by atoms with E-state index < -0.39 is 24.0 Å². The number of carbonyl (C=O) groups excluding carboxylic acids is 3. The molecule has 240 valence electrons. The third-order valence-corrected chi connectivity index (χ3v) is 8.38. The van der Waals surface area contributed by atoms with Crippen LogP contribution in [0.3, 0.4) is 0 Å². The first-order valence-electron chi connectivity index (χ1n) is 14.3. The molecule has 3 heterocycles. The van der Waals surface area contributed by atoms with E-state index >= 15 is 0 Å². The van der Waals surface area contributed by atoms with Gasteiger partial charge in [0.2, 0.25) is 6.10 Å². The molecule has 13 heteroatoms. The highest BCUT2D eigenvalue weighted by Crippen LogP contribution is 2.37. The Morgan fingerprint density at radius 3 is 1.84 bits per heavy atom. The summed E-state index contributed by atoms with van der Waals surface area (Å²) in [6.45, 7) is 11.9. The van der Waals surface area contributed by atoms with Crippen LogP contribution in [-0.2, 0) is 27.2 Å². The second kappa shape index (κ2) is 16.0. The number of hydrogen-bond donors (Lipinski definition) is 1. The van der Waals surface area contributed by atoms with Crippen molar-refractivity contribution in [3.63, 3.8) is 0 Å². The highest BCUT2D eigenvalue weighted by molar-refractivity contribution is 7.11. The van der Waals surface area contributed by atoms with E-state index in [9.17, 15) is 14.4 Å². The van der Waals surface area contributed by atoms with E-state index in [4.69, 9.17) is 24.9 Å². The van der Waals surface area contributed by atoms with Crippen LogP contribution in [0.25, 0.3) is 11.1 Å². The quantitative estimate of drug-likeness (QED) is 0.128. The number of carbonyl (C=O) groups is 3. The molecule has 0 aliphatic heterocycles. The second-order valence-electron chi connectivity index (χ2n) is 10.4. The number of esters is 3. The summed E-state index contributed by atoms with van der Waals surface area (Å²) in [5.41, 5.74) is 11.4. The largest absolute Gasteiger partial charge is 0.461 e. The Labute approximate surface area is 276 Å². The molecule has 0 amide bonds. The van der Waals surface area contributed by atoms with Gasteiger partial charge in [0.15, 0.2) is 11.4 Å². The summed E-state index contributed by atoms with van der Waals surface area (Å²) in [6, 6.07) is 7.86. The van der Waals surface area contributed by atoms with Gasteiger partial charge >= 0.3 is 17.9 Å². The summed E-state index contributed by atoms with van der Waals surface area (Å²) < 4.78 is 16.4. The first kappa shape index (κ1) is 35.8. The number of benzene rings is 1. The number of rotatable bonds is 12. The lowest BCUT2D eigenvalue weighted by atomic mass is 9.89. The molecule has 0 radical (unpaired) electrons. The lowest BCUT2D eigenvalue weighted by Gasteiger charge is -2.21.